The number of ether oxygens (including phenoxy) is 1. The summed E-state index contributed by atoms with van der Waals surface area (Å²) in [4.78, 5) is 0. The minimum absolute atomic E-state index is 0.0737. The van der Waals surface area contributed by atoms with Crippen molar-refractivity contribution < 1.29 is 4.74 Å². The third-order valence-electron chi connectivity index (χ3n) is 5.75. The molecule has 23 heavy (non-hydrogen) atoms. The van der Waals surface area contributed by atoms with E-state index in [-0.39, 0.29) is 5.54 Å². The molecule has 2 aliphatic rings. The Balaban J connectivity index is 1.65. The number of allylic oxidation sites excluding steroid dienone is 4. The molecule has 0 radical (unpaired) electrons. The molecule has 0 aromatic carbocycles. The summed E-state index contributed by atoms with van der Waals surface area (Å²) >= 11 is 0. The first kappa shape index (κ1) is 18.7. The maximum Gasteiger partial charge on any atom is 0.0642 e. The molecule has 0 saturated heterocycles. The first-order valence-corrected chi connectivity index (χ1v) is 9.82. The van der Waals surface area contributed by atoms with Gasteiger partial charge in [0.2, 0.25) is 0 Å². The lowest BCUT2D eigenvalue weighted by Gasteiger charge is -2.26. The van der Waals surface area contributed by atoms with E-state index in [1.807, 2.05) is 0 Å². The van der Waals surface area contributed by atoms with Crippen LogP contribution >= 0.6 is 0 Å². The Bertz CT molecular complexity index is 401. The number of hydrogen-bond acceptors (Lipinski definition) is 2. The van der Waals surface area contributed by atoms with Crippen LogP contribution in [0.4, 0.5) is 0 Å². The van der Waals surface area contributed by atoms with Crippen molar-refractivity contribution in [2.45, 2.75) is 83.1 Å². The van der Waals surface area contributed by atoms with Crippen LogP contribution in [-0.2, 0) is 4.74 Å². The van der Waals surface area contributed by atoms with E-state index < -0.39 is 0 Å². The molecule has 0 aromatic heterocycles. The lowest BCUT2D eigenvalue weighted by molar-refractivity contribution is 0.131. The second-order valence-corrected chi connectivity index (χ2v) is 7.85. The van der Waals surface area contributed by atoms with Crippen LogP contribution in [-0.4, -0.2) is 19.3 Å². The molecule has 2 N–H and O–H groups in total. The highest BCUT2D eigenvalue weighted by molar-refractivity contribution is 5.24. The maximum atomic E-state index is 6.45. The second-order valence-electron chi connectivity index (χ2n) is 7.85. The molecule has 2 heteroatoms. The van der Waals surface area contributed by atoms with Crippen molar-refractivity contribution in [3.8, 4) is 0 Å². The average Bonchev–Trinajstić information content (AvgIpc) is 2.94. The first-order chi connectivity index (χ1) is 11.2. The lowest BCUT2D eigenvalue weighted by Crippen LogP contribution is -2.41. The average molecular weight is 320 g/mol. The van der Waals surface area contributed by atoms with Crippen molar-refractivity contribution in [1.29, 1.82) is 0 Å². The highest BCUT2D eigenvalue weighted by Gasteiger charge is 2.38. The summed E-state index contributed by atoms with van der Waals surface area (Å²) in [5, 5.41) is 0. The largest absolute Gasteiger partial charge is 0.383 e. The zero-order valence-electron chi connectivity index (χ0n) is 15.4. The zero-order valence-corrected chi connectivity index (χ0v) is 15.4. The first-order valence-electron chi connectivity index (χ1n) is 9.82. The van der Waals surface area contributed by atoms with Gasteiger partial charge in [-0.1, -0.05) is 62.8 Å². The molecule has 132 valence electrons. The van der Waals surface area contributed by atoms with E-state index in [4.69, 9.17) is 10.5 Å². The summed E-state index contributed by atoms with van der Waals surface area (Å²) in [5.74, 6) is 1.45. The topological polar surface area (TPSA) is 35.2 Å². The van der Waals surface area contributed by atoms with Gasteiger partial charge >= 0.3 is 0 Å². The van der Waals surface area contributed by atoms with Gasteiger partial charge in [0.25, 0.3) is 0 Å². The Kier molecular flexibility index (Phi) is 7.85. The maximum absolute atomic E-state index is 6.45. The predicted molar refractivity (Wildman–Crippen MR) is 99.5 cm³/mol. The van der Waals surface area contributed by atoms with Gasteiger partial charge in [-0.2, -0.15) is 0 Å². The Morgan fingerprint density at radius 2 is 2.00 bits per heavy atom. The summed E-state index contributed by atoms with van der Waals surface area (Å²) in [6.45, 7) is 2.99. The Hall–Kier alpha value is -0.600. The van der Waals surface area contributed by atoms with Crippen molar-refractivity contribution in [3.63, 3.8) is 0 Å². The highest BCUT2D eigenvalue weighted by atomic mass is 16.5. The van der Waals surface area contributed by atoms with Crippen LogP contribution in [0, 0.1) is 11.8 Å². The van der Waals surface area contributed by atoms with Gasteiger partial charge in [-0.25, -0.2) is 0 Å². The molecule has 1 fully saturated rings. The van der Waals surface area contributed by atoms with E-state index >= 15 is 0 Å². The monoisotopic (exact) mass is 319 g/mol. The summed E-state index contributed by atoms with van der Waals surface area (Å²) in [6.07, 6.45) is 21.6. The molecule has 1 saturated carbocycles. The van der Waals surface area contributed by atoms with Gasteiger partial charge in [0.1, 0.15) is 0 Å². The van der Waals surface area contributed by atoms with Gasteiger partial charge in [-0.15, -0.1) is 0 Å². The quantitative estimate of drug-likeness (QED) is 0.548. The fourth-order valence-electron chi connectivity index (χ4n) is 4.31. The fraction of sp³-hybridized carbons (Fsp3) is 0.810. The van der Waals surface area contributed by atoms with Crippen LogP contribution < -0.4 is 5.73 Å². The third kappa shape index (κ3) is 6.08. The Morgan fingerprint density at radius 3 is 2.70 bits per heavy atom. The number of methoxy groups -OCH3 is 1. The smallest absolute Gasteiger partial charge is 0.0642 e. The fourth-order valence-corrected chi connectivity index (χ4v) is 4.31. The van der Waals surface area contributed by atoms with Gasteiger partial charge < -0.3 is 10.5 Å². The van der Waals surface area contributed by atoms with Gasteiger partial charge in [0.15, 0.2) is 0 Å². The Labute approximate surface area is 143 Å². The molecule has 0 spiro atoms. The number of hydrogen-bond donors (Lipinski definition) is 1. The van der Waals surface area contributed by atoms with Crippen molar-refractivity contribution in [1.82, 2.24) is 0 Å². The van der Waals surface area contributed by atoms with E-state index in [1.165, 1.54) is 57.8 Å². The number of rotatable bonds is 10. The summed E-state index contributed by atoms with van der Waals surface area (Å²) < 4.78 is 5.31. The van der Waals surface area contributed by atoms with Crippen LogP contribution in [0.5, 0.6) is 0 Å². The van der Waals surface area contributed by atoms with E-state index in [1.54, 1.807) is 12.7 Å². The molecular weight excluding hydrogens is 282 g/mol. The molecular formula is C21H37NO. The standard InChI is InChI=1S/C21H37NO/c1-3-4-5-6-7-8-9-18-10-12-19(13-11-18)20-14-15-21(22,16-20)17-23-2/h10-12,19-20H,3-9,13-17,22H2,1-2H3/t19?,20-,21-/m0/s1. The van der Waals surface area contributed by atoms with Crippen LogP contribution in [0.2, 0.25) is 0 Å². The molecule has 0 aliphatic heterocycles. The molecule has 2 rings (SSSR count). The van der Waals surface area contributed by atoms with Crippen LogP contribution in [0.15, 0.2) is 23.8 Å². The van der Waals surface area contributed by atoms with Crippen LogP contribution in [0.3, 0.4) is 0 Å². The van der Waals surface area contributed by atoms with Crippen molar-refractivity contribution in [3.05, 3.63) is 23.8 Å². The zero-order chi connectivity index (χ0) is 16.5. The SMILES string of the molecule is CCCCCCCCC1=CCC([C@H]2CC[C@@](N)(COC)C2)C=C1. The summed E-state index contributed by atoms with van der Waals surface area (Å²) in [5.41, 5.74) is 7.93. The van der Waals surface area contributed by atoms with Gasteiger partial charge in [-0.05, 0) is 50.4 Å². The molecule has 0 aromatic rings. The molecule has 0 heterocycles. The van der Waals surface area contributed by atoms with Crippen LogP contribution in [0.1, 0.15) is 77.6 Å². The lowest BCUT2D eigenvalue weighted by atomic mass is 9.82. The van der Waals surface area contributed by atoms with E-state index in [0.717, 1.165) is 18.8 Å². The predicted octanol–water partition coefficient (Wildman–Crippen LogP) is 5.38. The molecule has 2 aliphatic carbocycles. The normalized spacial score (nSPS) is 30.7. The van der Waals surface area contributed by atoms with Crippen LogP contribution in [0.25, 0.3) is 0 Å². The van der Waals surface area contributed by atoms with Gasteiger partial charge in [-0.3, -0.25) is 0 Å². The minimum atomic E-state index is -0.0737. The van der Waals surface area contributed by atoms with Crippen molar-refractivity contribution in [2.24, 2.45) is 17.6 Å². The third-order valence-corrected chi connectivity index (χ3v) is 5.75. The Morgan fingerprint density at radius 1 is 1.22 bits per heavy atom. The molecule has 2 nitrogen and oxygen atoms in total. The highest BCUT2D eigenvalue weighted by Crippen LogP contribution is 2.40. The van der Waals surface area contributed by atoms with E-state index in [0.29, 0.717) is 12.5 Å². The van der Waals surface area contributed by atoms with E-state index in [2.05, 4.69) is 25.2 Å². The minimum Gasteiger partial charge on any atom is -0.383 e. The van der Waals surface area contributed by atoms with Crippen molar-refractivity contribution in [2.75, 3.05) is 13.7 Å². The van der Waals surface area contributed by atoms with Gasteiger partial charge in [0.05, 0.1) is 6.61 Å². The molecule has 3 atom stereocenters. The van der Waals surface area contributed by atoms with Gasteiger partial charge in [0, 0.05) is 12.6 Å². The number of nitrogens with two attached hydrogens (primary N) is 1. The summed E-state index contributed by atoms with van der Waals surface area (Å²) in [7, 11) is 1.76. The van der Waals surface area contributed by atoms with Crippen molar-refractivity contribution >= 4 is 0 Å². The molecule has 0 amide bonds. The number of unbranched alkanes of at least 4 members (excludes halogenated alkanes) is 5. The van der Waals surface area contributed by atoms with E-state index in [9.17, 15) is 0 Å². The summed E-state index contributed by atoms with van der Waals surface area (Å²) in [6, 6.07) is 0. The molecule has 0 bridgehead atoms. The molecule has 1 unspecified atom stereocenters. The second kappa shape index (κ2) is 9.64.